The molecule has 10 heteroatoms. The second-order valence-electron chi connectivity index (χ2n) is 6.05. The first-order chi connectivity index (χ1) is 12.7. The highest BCUT2D eigenvalue weighted by Crippen LogP contribution is 2.27. The van der Waals surface area contributed by atoms with Crippen LogP contribution in [0.15, 0.2) is 36.5 Å². The molecule has 1 atom stereocenters. The minimum absolute atomic E-state index is 0.143. The van der Waals surface area contributed by atoms with E-state index in [1.54, 1.807) is 0 Å². The van der Waals surface area contributed by atoms with E-state index in [4.69, 9.17) is 17.3 Å². The van der Waals surface area contributed by atoms with E-state index >= 15 is 0 Å². The number of β-amino-alcohol motifs (C(OH)–C–C–N with tert-alkyl or cyclic N) is 1. The lowest BCUT2D eigenvalue weighted by Gasteiger charge is -2.18. The number of aliphatic hydroxyl groups is 1. The maximum atomic E-state index is 12.6. The van der Waals surface area contributed by atoms with Crippen LogP contribution in [0.5, 0.6) is 5.75 Å². The standard InChI is InChI=1S/C17H17ClF2N4O3/c18-17(19,20)27-13-3-1-11(2-4-13)23-16(26)10-7-14(21)15(22-8-10)24-6-5-12(25)9-24/h1-4,7-8,12,25H,5-6,9,21H2,(H,23,26)/t12-/m1/s1. The van der Waals surface area contributed by atoms with Gasteiger partial charge < -0.3 is 25.8 Å². The third kappa shape index (κ3) is 4.95. The van der Waals surface area contributed by atoms with Crippen molar-refractivity contribution >= 4 is 34.7 Å². The summed E-state index contributed by atoms with van der Waals surface area (Å²) in [7, 11) is 0. The Labute approximate surface area is 158 Å². The number of nitrogens with two attached hydrogens (primary N) is 1. The van der Waals surface area contributed by atoms with Crippen LogP contribution in [0.4, 0.5) is 26.0 Å². The number of hydrogen-bond acceptors (Lipinski definition) is 6. The Morgan fingerprint density at radius 3 is 2.67 bits per heavy atom. The van der Waals surface area contributed by atoms with Gasteiger partial charge in [-0.05, 0) is 36.8 Å². The molecule has 1 saturated heterocycles. The minimum atomic E-state index is -3.80. The summed E-state index contributed by atoms with van der Waals surface area (Å²) in [5.74, 6) is -0.0822. The fourth-order valence-corrected chi connectivity index (χ4v) is 2.83. The Morgan fingerprint density at radius 2 is 2.11 bits per heavy atom. The molecule has 1 aromatic heterocycles. The number of nitrogens with one attached hydrogen (secondary N) is 1. The SMILES string of the molecule is Nc1cc(C(=O)Nc2ccc(OC(F)(F)Cl)cc2)cnc1N1CC[C@@H](O)C1. The molecule has 1 aliphatic heterocycles. The highest BCUT2D eigenvalue weighted by Gasteiger charge is 2.27. The summed E-state index contributed by atoms with van der Waals surface area (Å²) in [6.45, 7) is 1.08. The van der Waals surface area contributed by atoms with Crippen LogP contribution in [-0.2, 0) is 0 Å². The maximum absolute atomic E-state index is 12.6. The summed E-state index contributed by atoms with van der Waals surface area (Å²) < 4.78 is 29.4. The lowest BCUT2D eigenvalue weighted by Crippen LogP contribution is -2.24. The molecule has 3 rings (SSSR count). The summed E-state index contributed by atoms with van der Waals surface area (Å²) in [5.41, 5.74) is 3.12. The second kappa shape index (κ2) is 7.53. The molecule has 0 spiro atoms. The average Bonchev–Trinajstić information content (AvgIpc) is 3.01. The maximum Gasteiger partial charge on any atom is 0.487 e. The van der Waals surface area contributed by atoms with Gasteiger partial charge in [-0.15, -0.1) is 8.78 Å². The van der Waals surface area contributed by atoms with Gasteiger partial charge in [-0.25, -0.2) is 4.98 Å². The molecule has 0 saturated carbocycles. The molecule has 1 amide bonds. The van der Waals surface area contributed by atoms with Crippen molar-refractivity contribution in [2.75, 3.05) is 29.0 Å². The number of hydrogen-bond donors (Lipinski definition) is 3. The van der Waals surface area contributed by atoms with E-state index in [9.17, 15) is 18.7 Å². The van der Waals surface area contributed by atoms with E-state index in [1.807, 2.05) is 4.90 Å². The summed E-state index contributed by atoms with van der Waals surface area (Å²) >= 11 is 4.69. The molecule has 2 aromatic rings. The van der Waals surface area contributed by atoms with E-state index in [2.05, 4.69) is 15.0 Å². The number of halogens is 3. The van der Waals surface area contributed by atoms with Crippen LogP contribution in [0, 0.1) is 0 Å². The Bertz CT molecular complexity index is 830. The van der Waals surface area contributed by atoms with Crippen LogP contribution < -0.4 is 20.7 Å². The fraction of sp³-hybridized carbons (Fsp3) is 0.294. The Hall–Kier alpha value is -2.65. The van der Waals surface area contributed by atoms with E-state index in [0.29, 0.717) is 36.7 Å². The first-order valence-corrected chi connectivity index (χ1v) is 8.45. The summed E-state index contributed by atoms with van der Waals surface area (Å²) in [6, 6.07) is 6.79. The third-order valence-electron chi connectivity index (χ3n) is 3.97. The lowest BCUT2D eigenvalue weighted by molar-refractivity contribution is -0.0964. The van der Waals surface area contributed by atoms with Crippen molar-refractivity contribution in [1.29, 1.82) is 0 Å². The lowest BCUT2D eigenvalue weighted by atomic mass is 10.2. The monoisotopic (exact) mass is 398 g/mol. The fourth-order valence-electron chi connectivity index (χ4n) is 2.74. The number of alkyl halides is 3. The molecule has 1 aliphatic rings. The van der Waals surface area contributed by atoms with Gasteiger partial charge in [-0.3, -0.25) is 4.79 Å². The Kier molecular flexibility index (Phi) is 5.33. The highest BCUT2D eigenvalue weighted by atomic mass is 35.5. The number of aliphatic hydroxyl groups excluding tert-OH is 1. The van der Waals surface area contributed by atoms with Gasteiger partial charge in [0.05, 0.1) is 17.4 Å². The quantitative estimate of drug-likeness (QED) is 0.669. The van der Waals surface area contributed by atoms with Gasteiger partial charge in [0.1, 0.15) is 5.75 Å². The number of nitrogens with zero attached hydrogens (tertiary/aromatic N) is 2. The molecule has 144 valence electrons. The molecular formula is C17H17ClF2N4O3. The number of benzene rings is 1. The number of carbonyl (C=O) groups excluding carboxylic acids is 1. The van der Waals surface area contributed by atoms with Crippen LogP contribution >= 0.6 is 11.6 Å². The normalized spacial score (nSPS) is 17.0. The van der Waals surface area contributed by atoms with Crippen molar-refractivity contribution in [3.63, 3.8) is 0 Å². The third-order valence-corrected chi connectivity index (χ3v) is 4.04. The number of nitrogen functional groups attached to an aromatic ring is 1. The second-order valence-corrected chi connectivity index (χ2v) is 6.49. The van der Waals surface area contributed by atoms with Crippen LogP contribution in [0.3, 0.4) is 0 Å². The van der Waals surface area contributed by atoms with Crippen molar-refractivity contribution in [1.82, 2.24) is 4.98 Å². The van der Waals surface area contributed by atoms with Crippen molar-refractivity contribution < 1.29 is 23.4 Å². The van der Waals surface area contributed by atoms with E-state index < -0.39 is 17.6 Å². The number of pyridine rings is 1. The van der Waals surface area contributed by atoms with Gasteiger partial charge in [0.15, 0.2) is 5.82 Å². The van der Waals surface area contributed by atoms with Crippen LogP contribution in [0.2, 0.25) is 0 Å². The van der Waals surface area contributed by atoms with Crippen LogP contribution in [0.1, 0.15) is 16.8 Å². The molecule has 0 unspecified atom stereocenters. The van der Waals surface area contributed by atoms with Gasteiger partial charge >= 0.3 is 5.57 Å². The molecule has 7 nitrogen and oxygen atoms in total. The summed E-state index contributed by atoms with van der Waals surface area (Å²) in [4.78, 5) is 18.4. The molecular weight excluding hydrogens is 382 g/mol. The molecule has 1 aromatic carbocycles. The number of rotatable bonds is 5. The summed E-state index contributed by atoms with van der Waals surface area (Å²) in [6.07, 6.45) is 1.61. The zero-order chi connectivity index (χ0) is 19.6. The molecule has 0 bridgehead atoms. The van der Waals surface area contributed by atoms with Crippen molar-refractivity contribution in [2.24, 2.45) is 0 Å². The Balaban J connectivity index is 1.66. The first-order valence-electron chi connectivity index (χ1n) is 8.07. The van der Waals surface area contributed by atoms with Crippen LogP contribution in [0.25, 0.3) is 0 Å². The molecule has 0 aliphatic carbocycles. The van der Waals surface area contributed by atoms with Crippen molar-refractivity contribution in [3.05, 3.63) is 42.1 Å². The molecule has 0 radical (unpaired) electrons. The van der Waals surface area contributed by atoms with Gasteiger partial charge in [0, 0.05) is 36.6 Å². The van der Waals surface area contributed by atoms with Gasteiger partial charge in [0.25, 0.3) is 5.91 Å². The zero-order valence-electron chi connectivity index (χ0n) is 14.0. The van der Waals surface area contributed by atoms with Crippen molar-refractivity contribution in [3.8, 4) is 5.75 Å². The van der Waals surface area contributed by atoms with Gasteiger partial charge in [0.2, 0.25) is 0 Å². The molecule has 1 fully saturated rings. The van der Waals surface area contributed by atoms with E-state index in [-0.39, 0.29) is 11.3 Å². The minimum Gasteiger partial charge on any atom is -0.420 e. The Morgan fingerprint density at radius 1 is 1.41 bits per heavy atom. The van der Waals surface area contributed by atoms with Gasteiger partial charge in [-0.1, -0.05) is 0 Å². The zero-order valence-corrected chi connectivity index (χ0v) is 14.8. The first kappa shape index (κ1) is 19.1. The number of amides is 1. The number of aromatic nitrogens is 1. The topological polar surface area (TPSA) is 101 Å². The smallest absolute Gasteiger partial charge is 0.420 e. The highest BCUT2D eigenvalue weighted by molar-refractivity contribution is 6.20. The molecule has 2 heterocycles. The van der Waals surface area contributed by atoms with Crippen molar-refractivity contribution in [2.45, 2.75) is 18.1 Å². The average molecular weight is 399 g/mol. The van der Waals surface area contributed by atoms with E-state index in [0.717, 1.165) is 0 Å². The van der Waals surface area contributed by atoms with Crippen LogP contribution in [-0.4, -0.2) is 40.8 Å². The number of carbonyl (C=O) groups is 1. The van der Waals surface area contributed by atoms with E-state index in [1.165, 1.54) is 36.5 Å². The predicted molar refractivity (Wildman–Crippen MR) is 97.3 cm³/mol. The van der Waals surface area contributed by atoms with Gasteiger partial charge in [-0.2, -0.15) is 0 Å². The molecule has 4 N–H and O–H groups in total. The number of ether oxygens (including phenoxy) is 1. The summed E-state index contributed by atoms with van der Waals surface area (Å²) in [5, 5.41) is 12.2. The predicted octanol–water partition coefficient (Wildman–Crippen LogP) is 2.66. The number of anilines is 3. The largest absolute Gasteiger partial charge is 0.487 e. The molecule has 27 heavy (non-hydrogen) atoms.